The third kappa shape index (κ3) is 4.68. The van der Waals surface area contributed by atoms with Crippen molar-refractivity contribution in [2.24, 2.45) is 0 Å². The van der Waals surface area contributed by atoms with E-state index in [1.807, 2.05) is 13.8 Å². The Morgan fingerprint density at radius 1 is 1.12 bits per heavy atom. The molecular weight excluding hydrogens is 324 g/mol. The number of benzene rings is 1. The minimum Gasteiger partial charge on any atom is -0.322 e. The summed E-state index contributed by atoms with van der Waals surface area (Å²) in [5.41, 5.74) is 2.08. The molecule has 0 aliphatic carbocycles. The summed E-state index contributed by atoms with van der Waals surface area (Å²) in [6.07, 6.45) is 5.43. The van der Waals surface area contributed by atoms with Gasteiger partial charge in [0.25, 0.3) is 0 Å². The molecule has 0 bridgehead atoms. The summed E-state index contributed by atoms with van der Waals surface area (Å²) in [7, 11) is -3.53. The van der Waals surface area contributed by atoms with E-state index in [1.54, 1.807) is 29.4 Å². The van der Waals surface area contributed by atoms with E-state index < -0.39 is 10.0 Å². The zero-order valence-corrected chi connectivity index (χ0v) is 15.4. The van der Waals surface area contributed by atoms with Gasteiger partial charge in [0, 0.05) is 24.9 Å². The van der Waals surface area contributed by atoms with Crippen LogP contribution in [0, 0.1) is 6.92 Å². The molecule has 0 atom stereocenters. The Bertz CT molecular complexity index is 727. The van der Waals surface area contributed by atoms with Crippen LogP contribution < -0.4 is 5.32 Å². The van der Waals surface area contributed by atoms with E-state index in [9.17, 15) is 13.2 Å². The first-order valence-electron chi connectivity index (χ1n) is 8.37. The van der Waals surface area contributed by atoms with Crippen LogP contribution in [0.1, 0.15) is 45.1 Å². The number of sulfonamides is 1. The molecule has 0 radical (unpaired) electrons. The van der Waals surface area contributed by atoms with E-state index in [2.05, 4.69) is 5.32 Å². The van der Waals surface area contributed by atoms with E-state index in [4.69, 9.17) is 0 Å². The minimum atomic E-state index is -3.53. The Kier molecular flexibility index (Phi) is 6.18. The van der Waals surface area contributed by atoms with Crippen molar-refractivity contribution in [3.8, 4) is 0 Å². The third-order valence-electron chi connectivity index (χ3n) is 4.06. The second kappa shape index (κ2) is 7.94. The minimum absolute atomic E-state index is 0.253. The highest BCUT2D eigenvalue weighted by Gasteiger charge is 2.26. The molecule has 5 nitrogen and oxygen atoms in total. The van der Waals surface area contributed by atoms with E-state index in [0.717, 1.165) is 31.3 Å². The van der Waals surface area contributed by atoms with Gasteiger partial charge in [-0.2, -0.15) is 4.31 Å². The number of carbonyl (C=O) groups excluding carboxylic acids is 1. The topological polar surface area (TPSA) is 66.5 Å². The summed E-state index contributed by atoms with van der Waals surface area (Å²) in [5, 5.41) is 2.73. The molecule has 1 aliphatic heterocycles. The summed E-state index contributed by atoms with van der Waals surface area (Å²) in [6.45, 7) is 6.59. The molecule has 1 heterocycles. The van der Waals surface area contributed by atoms with Crippen LogP contribution in [0.4, 0.5) is 5.69 Å². The van der Waals surface area contributed by atoms with Gasteiger partial charge < -0.3 is 5.32 Å². The van der Waals surface area contributed by atoms with E-state index in [1.165, 1.54) is 6.08 Å². The predicted octanol–water partition coefficient (Wildman–Crippen LogP) is 3.46. The molecule has 132 valence electrons. The largest absolute Gasteiger partial charge is 0.322 e. The highest BCUT2D eigenvalue weighted by atomic mass is 32.2. The first-order valence-corrected chi connectivity index (χ1v) is 9.81. The Morgan fingerprint density at radius 3 is 2.33 bits per heavy atom. The fourth-order valence-corrected chi connectivity index (χ4v) is 4.59. The van der Waals surface area contributed by atoms with Crippen LogP contribution >= 0.6 is 0 Å². The highest BCUT2D eigenvalue weighted by molar-refractivity contribution is 7.89. The van der Waals surface area contributed by atoms with E-state index in [0.29, 0.717) is 24.3 Å². The first kappa shape index (κ1) is 18.7. The molecule has 1 aromatic carbocycles. The smallest absolute Gasteiger partial charge is 0.248 e. The van der Waals surface area contributed by atoms with Crippen molar-refractivity contribution in [2.45, 2.75) is 51.3 Å². The molecule has 1 amide bonds. The summed E-state index contributed by atoms with van der Waals surface area (Å²) >= 11 is 0. The van der Waals surface area contributed by atoms with Crippen molar-refractivity contribution in [2.75, 3.05) is 18.4 Å². The summed E-state index contributed by atoms with van der Waals surface area (Å²) in [5.74, 6) is -0.253. The van der Waals surface area contributed by atoms with Crippen molar-refractivity contribution < 1.29 is 13.2 Å². The SMILES string of the molecule is CC(C)=CC(=O)Nc1ccc(C)c(S(=O)(=O)N2CCCCCC2)c1. The molecule has 1 aliphatic rings. The highest BCUT2D eigenvalue weighted by Crippen LogP contribution is 2.25. The average molecular weight is 350 g/mol. The van der Waals surface area contributed by atoms with Gasteiger partial charge in [-0.25, -0.2) is 8.42 Å². The van der Waals surface area contributed by atoms with Gasteiger partial charge in [-0.3, -0.25) is 4.79 Å². The maximum Gasteiger partial charge on any atom is 0.248 e. The number of nitrogens with zero attached hydrogens (tertiary/aromatic N) is 1. The summed E-state index contributed by atoms with van der Waals surface area (Å²) < 4.78 is 27.5. The number of nitrogens with one attached hydrogen (secondary N) is 1. The molecule has 0 saturated carbocycles. The maximum absolute atomic E-state index is 13.0. The molecule has 0 aromatic heterocycles. The quantitative estimate of drug-likeness (QED) is 0.846. The lowest BCUT2D eigenvalue weighted by atomic mass is 10.2. The number of allylic oxidation sites excluding steroid dienone is 1. The molecule has 1 saturated heterocycles. The van der Waals surface area contributed by atoms with Crippen LogP contribution in [0.2, 0.25) is 0 Å². The molecule has 0 spiro atoms. The maximum atomic E-state index is 13.0. The van der Waals surface area contributed by atoms with Gasteiger partial charge in [0.2, 0.25) is 15.9 Å². The summed E-state index contributed by atoms with van der Waals surface area (Å²) in [6, 6.07) is 5.03. The molecule has 24 heavy (non-hydrogen) atoms. The van der Waals surface area contributed by atoms with Crippen molar-refractivity contribution in [3.63, 3.8) is 0 Å². The van der Waals surface area contributed by atoms with Crippen LogP contribution in [0.5, 0.6) is 0 Å². The molecule has 6 heteroatoms. The number of hydrogen-bond acceptors (Lipinski definition) is 3. The van der Waals surface area contributed by atoms with Crippen LogP contribution in [0.25, 0.3) is 0 Å². The molecule has 1 N–H and O–H groups in total. The van der Waals surface area contributed by atoms with E-state index in [-0.39, 0.29) is 10.8 Å². The van der Waals surface area contributed by atoms with Gasteiger partial charge in [0.1, 0.15) is 0 Å². The normalized spacial score (nSPS) is 16.3. The monoisotopic (exact) mass is 350 g/mol. The third-order valence-corrected chi connectivity index (χ3v) is 6.10. The van der Waals surface area contributed by atoms with Crippen LogP contribution in [0.3, 0.4) is 0 Å². The van der Waals surface area contributed by atoms with Gasteiger partial charge >= 0.3 is 0 Å². The Morgan fingerprint density at radius 2 is 1.75 bits per heavy atom. The van der Waals surface area contributed by atoms with E-state index >= 15 is 0 Å². The zero-order chi connectivity index (χ0) is 17.7. The van der Waals surface area contributed by atoms with Crippen LogP contribution in [-0.4, -0.2) is 31.7 Å². The standard InChI is InChI=1S/C18H26N2O3S/c1-14(2)12-18(21)19-16-9-8-15(3)17(13-16)24(22,23)20-10-6-4-5-7-11-20/h8-9,12-13H,4-7,10-11H2,1-3H3,(H,19,21). The first-order chi connectivity index (χ1) is 11.3. The Hall–Kier alpha value is -1.66. The number of aryl methyl sites for hydroxylation is 1. The van der Waals surface area contributed by atoms with Crippen molar-refractivity contribution in [1.29, 1.82) is 0 Å². The van der Waals surface area contributed by atoms with Crippen LogP contribution in [0.15, 0.2) is 34.7 Å². The van der Waals surface area contributed by atoms with Gasteiger partial charge in [0.05, 0.1) is 4.90 Å². The summed E-state index contributed by atoms with van der Waals surface area (Å²) in [4.78, 5) is 12.1. The zero-order valence-electron chi connectivity index (χ0n) is 14.6. The van der Waals surface area contributed by atoms with Gasteiger partial charge in [-0.15, -0.1) is 0 Å². The number of amides is 1. The number of hydrogen-bond donors (Lipinski definition) is 1. The lowest BCUT2D eigenvalue weighted by Crippen LogP contribution is -2.32. The Balaban J connectivity index is 2.30. The molecule has 2 rings (SSSR count). The molecule has 0 unspecified atom stereocenters. The second-order valence-corrected chi connectivity index (χ2v) is 8.42. The lowest BCUT2D eigenvalue weighted by Gasteiger charge is -2.21. The lowest BCUT2D eigenvalue weighted by molar-refractivity contribution is -0.111. The van der Waals surface area contributed by atoms with Gasteiger partial charge in [-0.05, 0) is 51.3 Å². The van der Waals surface area contributed by atoms with Crippen molar-refractivity contribution >= 4 is 21.6 Å². The molecular formula is C18H26N2O3S. The fraction of sp³-hybridized carbons (Fsp3) is 0.500. The van der Waals surface area contributed by atoms with Crippen LogP contribution in [-0.2, 0) is 14.8 Å². The molecule has 1 fully saturated rings. The van der Waals surface area contributed by atoms with Gasteiger partial charge in [-0.1, -0.05) is 24.5 Å². The number of carbonyl (C=O) groups is 1. The fourth-order valence-electron chi connectivity index (χ4n) is 2.82. The molecule has 1 aromatic rings. The second-order valence-electron chi connectivity index (χ2n) is 6.51. The average Bonchev–Trinajstić information content (AvgIpc) is 2.78. The van der Waals surface area contributed by atoms with Gasteiger partial charge in [0.15, 0.2) is 0 Å². The van der Waals surface area contributed by atoms with Crippen molar-refractivity contribution in [3.05, 3.63) is 35.4 Å². The Labute approximate surface area is 144 Å². The number of anilines is 1. The van der Waals surface area contributed by atoms with Crippen molar-refractivity contribution in [1.82, 2.24) is 4.31 Å². The predicted molar refractivity (Wildman–Crippen MR) is 96.5 cm³/mol. The number of rotatable bonds is 4.